The van der Waals surface area contributed by atoms with E-state index in [0.29, 0.717) is 0 Å². The van der Waals surface area contributed by atoms with Crippen LogP contribution in [0.4, 0.5) is 0 Å². The molecule has 0 atom stereocenters. The highest BCUT2D eigenvalue weighted by molar-refractivity contribution is 7.84. The van der Waals surface area contributed by atoms with E-state index < -0.39 is 18.4 Å². The second kappa shape index (κ2) is 3.34. The number of carboxylic acid groups (broad SMARTS) is 2. The normalized spacial score (nSPS) is 9.56. The summed E-state index contributed by atoms with van der Waals surface area (Å²) in [7, 11) is 0. The first-order chi connectivity index (χ1) is 4.04. The first-order valence-corrected chi connectivity index (χ1v) is 2.48. The fourth-order valence-corrected chi connectivity index (χ4v) is 0.354. The number of rotatable bonds is 3. The summed E-state index contributed by atoms with van der Waals surface area (Å²) in [5.74, 6) is -2.48. The number of hydrogen-bond donors (Lipinski definition) is 3. The molecular weight excluding hydrogens is 144 g/mol. The molecule has 0 spiro atoms. The zero-order valence-corrected chi connectivity index (χ0v) is 5.26. The van der Waals surface area contributed by atoms with Crippen LogP contribution < -0.4 is 0 Å². The van der Waals surface area contributed by atoms with E-state index in [-0.39, 0.29) is 5.25 Å². The van der Waals surface area contributed by atoms with Crippen LogP contribution in [0.25, 0.3) is 0 Å². The fraction of sp³-hybridized carbons (Fsp3) is 0.250. The molecule has 0 aromatic rings. The number of carbonyl (C=O) groups is 2. The van der Waals surface area contributed by atoms with E-state index in [9.17, 15) is 9.59 Å². The molecule has 0 saturated carbocycles. The Bertz CT molecular complexity index is 133. The van der Waals surface area contributed by atoms with E-state index in [2.05, 4.69) is 12.6 Å². The molecule has 2 N–H and O–H groups in total. The van der Waals surface area contributed by atoms with Crippen molar-refractivity contribution < 1.29 is 19.8 Å². The summed E-state index contributed by atoms with van der Waals surface area (Å²) >= 11 is 3.40. The molecule has 4 nitrogen and oxygen atoms in total. The maximum absolute atomic E-state index is 9.86. The summed E-state index contributed by atoms with van der Waals surface area (Å²) in [6.45, 7) is 0. The molecule has 0 aromatic heterocycles. The molecule has 0 unspecified atom stereocenters. The van der Waals surface area contributed by atoms with Gasteiger partial charge in [-0.2, -0.15) is 12.6 Å². The van der Waals surface area contributed by atoms with Gasteiger partial charge in [-0.1, -0.05) is 0 Å². The summed E-state index contributed by atoms with van der Waals surface area (Å²) in [5.41, 5.74) is 0. The minimum Gasteiger partial charge on any atom is -0.481 e. The van der Waals surface area contributed by atoms with E-state index in [0.717, 1.165) is 0 Å². The Morgan fingerprint density at radius 2 is 1.78 bits per heavy atom. The maximum Gasteiger partial charge on any atom is 0.322 e. The van der Waals surface area contributed by atoms with Gasteiger partial charge in [0.1, 0.15) is 5.25 Å². The third-order valence-corrected chi connectivity index (χ3v) is 0.915. The molecule has 1 radical (unpaired) electrons. The van der Waals surface area contributed by atoms with Crippen LogP contribution >= 0.6 is 12.6 Å². The van der Waals surface area contributed by atoms with Crippen LogP contribution in [0.15, 0.2) is 0 Å². The Labute approximate surface area is 56.9 Å². The van der Waals surface area contributed by atoms with Gasteiger partial charge in [0, 0.05) is 0 Å². The molecule has 0 aliphatic carbocycles. The van der Waals surface area contributed by atoms with Gasteiger partial charge in [0.05, 0.1) is 6.42 Å². The van der Waals surface area contributed by atoms with Gasteiger partial charge in [0.25, 0.3) is 0 Å². The van der Waals surface area contributed by atoms with Crippen LogP contribution in [-0.2, 0) is 9.59 Å². The minimum atomic E-state index is -1.29. The van der Waals surface area contributed by atoms with Gasteiger partial charge >= 0.3 is 11.9 Å². The number of hydrogen-bond acceptors (Lipinski definition) is 3. The molecule has 0 aliphatic rings. The number of carboxylic acids is 2. The molecule has 5 heteroatoms. The largest absolute Gasteiger partial charge is 0.481 e. The summed E-state index contributed by atoms with van der Waals surface area (Å²) in [6, 6.07) is 0. The van der Waals surface area contributed by atoms with Gasteiger partial charge in [-0.25, -0.2) is 0 Å². The number of aliphatic carboxylic acids is 2. The highest BCUT2D eigenvalue weighted by Crippen LogP contribution is 2.09. The van der Waals surface area contributed by atoms with Gasteiger partial charge in [0.15, 0.2) is 0 Å². The van der Waals surface area contributed by atoms with Crippen molar-refractivity contribution in [2.24, 2.45) is 0 Å². The second-order valence-electron chi connectivity index (χ2n) is 1.32. The van der Waals surface area contributed by atoms with Gasteiger partial charge in [-0.15, -0.1) is 0 Å². The van der Waals surface area contributed by atoms with Crippen molar-refractivity contribution in [1.82, 2.24) is 0 Å². The molecular formula is C4H5O4S. The lowest BCUT2D eigenvalue weighted by atomic mass is 10.3. The van der Waals surface area contributed by atoms with Gasteiger partial charge in [-0.3, -0.25) is 9.59 Å². The van der Waals surface area contributed by atoms with Crippen LogP contribution in [0.2, 0.25) is 0 Å². The molecule has 0 saturated heterocycles. The van der Waals surface area contributed by atoms with Crippen molar-refractivity contribution in [2.75, 3.05) is 0 Å². The molecule has 0 aromatic carbocycles. The van der Waals surface area contributed by atoms with Crippen molar-refractivity contribution in [3.63, 3.8) is 0 Å². The third-order valence-electron chi connectivity index (χ3n) is 0.566. The van der Waals surface area contributed by atoms with Crippen molar-refractivity contribution in [3.05, 3.63) is 5.25 Å². The van der Waals surface area contributed by atoms with Crippen LogP contribution in [0.5, 0.6) is 0 Å². The van der Waals surface area contributed by atoms with Crippen molar-refractivity contribution in [1.29, 1.82) is 0 Å². The van der Waals surface area contributed by atoms with Crippen molar-refractivity contribution in [3.8, 4) is 0 Å². The molecule has 0 fully saturated rings. The van der Waals surface area contributed by atoms with E-state index >= 15 is 0 Å². The molecule has 0 aliphatic heterocycles. The predicted octanol–water partition coefficient (Wildman–Crippen LogP) is 0.00749. The summed E-state index contributed by atoms with van der Waals surface area (Å²) in [6.07, 6.45) is -0.529. The molecule has 9 heavy (non-hydrogen) atoms. The Kier molecular flexibility index (Phi) is 3.08. The van der Waals surface area contributed by atoms with Crippen LogP contribution in [0.1, 0.15) is 6.42 Å². The second-order valence-corrected chi connectivity index (χ2v) is 1.86. The van der Waals surface area contributed by atoms with Gasteiger partial charge < -0.3 is 10.2 Å². The zero-order valence-electron chi connectivity index (χ0n) is 4.37. The van der Waals surface area contributed by atoms with Gasteiger partial charge in [-0.05, 0) is 0 Å². The Morgan fingerprint density at radius 3 is 1.89 bits per heavy atom. The summed E-state index contributed by atoms with van der Waals surface area (Å²) in [5, 5.41) is 15.7. The minimum absolute atomic E-state index is 0.359. The van der Waals surface area contributed by atoms with Crippen molar-refractivity contribution >= 4 is 24.6 Å². The monoisotopic (exact) mass is 149 g/mol. The molecule has 0 heterocycles. The van der Waals surface area contributed by atoms with Crippen LogP contribution in [-0.4, -0.2) is 22.2 Å². The standard InChI is InChI=1S/C4H5O4S/c5-3(6)1-2(9)4(7)8/h9H,1H2,(H,5,6)(H,7,8). The molecule has 0 rings (SSSR count). The first-order valence-electron chi connectivity index (χ1n) is 2.04. The topological polar surface area (TPSA) is 74.6 Å². The Morgan fingerprint density at radius 1 is 1.33 bits per heavy atom. The summed E-state index contributed by atoms with van der Waals surface area (Å²) < 4.78 is 0. The molecule has 51 valence electrons. The number of thiol groups is 1. The zero-order chi connectivity index (χ0) is 7.44. The lowest BCUT2D eigenvalue weighted by Crippen LogP contribution is -2.09. The van der Waals surface area contributed by atoms with Crippen LogP contribution in [0, 0.1) is 5.25 Å². The van der Waals surface area contributed by atoms with E-state index in [1.807, 2.05) is 0 Å². The lowest BCUT2D eigenvalue weighted by molar-refractivity contribution is -0.140. The third kappa shape index (κ3) is 3.84. The average Bonchev–Trinajstić information content (AvgIpc) is 1.63. The van der Waals surface area contributed by atoms with E-state index in [4.69, 9.17) is 10.2 Å². The quantitative estimate of drug-likeness (QED) is 0.494. The first kappa shape index (κ1) is 8.29. The highest BCUT2D eigenvalue weighted by Gasteiger charge is 2.16. The van der Waals surface area contributed by atoms with E-state index in [1.165, 1.54) is 0 Å². The van der Waals surface area contributed by atoms with Gasteiger partial charge in [0.2, 0.25) is 0 Å². The average molecular weight is 149 g/mol. The SMILES string of the molecule is O=C(O)C[C](S)C(=O)O. The van der Waals surface area contributed by atoms with E-state index in [1.54, 1.807) is 0 Å². The maximum atomic E-state index is 9.86. The Hall–Kier alpha value is -0.710. The fourth-order valence-electron chi connectivity index (χ4n) is 0.219. The predicted molar refractivity (Wildman–Crippen MR) is 32.1 cm³/mol. The highest BCUT2D eigenvalue weighted by atomic mass is 32.1. The lowest BCUT2D eigenvalue weighted by Gasteiger charge is -1.96. The Balaban J connectivity index is 3.63. The molecule has 0 bridgehead atoms. The smallest absolute Gasteiger partial charge is 0.322 e. The van der Waals surface area contributed by atoms with Crippen molar-refractivity contribution in [2.45, 2.75) is 6.42 Å². The molecule has 0 amide bonds. The summed E-state index contributed by atoms with van der Waals surface area (Å²) in [4.78, 5) is 19.6. The van der Waals surface area contributed by atoms with Crippen LogP contribution in [0.3, 0.4) is 0 Å².